The lowest BCUT2D eigenvalue weighted by atomic mass is 10.2. The number of methoxy groups -OCH3 is 1. The molecular weight excluding hydrogens is 454 g/mol. The average Bonchev–Trinajstić information content (AvgIpc) is 2.76. The number of hydrazone groups is 1. The highest BCUT2D eigenvalue weighted by atomic mass is 79.9. The van der Waals surface area contributed by atoms with Crippen molar-refractivity contribution in [3.63, 3.8) is 0 Å². The van der Waals surface area contributed by atoms with Gasteiger partial charge in [-0.1, -0.05) is 36.3 Å². The Morgan fingerprint density at radius 3 is 2.73 bits per heavy atom. The second-order valence-electron chi connectivity index (χ2n) is 5.74. The van der Waals surface area contributed by atoms with Crippen LogP contribution in [0.2, 0.25) is 0 Å². The molecule has 0 saturated heterocycles. The van der Waals surface area contributed by atoms with Gasteiger partial charge in [0.1, 0.15) is 19.8 Å². The van der Waals surface area contributed by atoms with Crippen molar-refractivity contribution in [2.45, 2.75) is 6.61 Å². The molecule has 2 amide bonds. The smallest absolute Gasteiger partial charge is 0.407 e. The molecule has 0 bridgehead atoms. The van der Waals surface area contributed by atoms with Crippen molar-refractivity contribution in [2.75, 3.05) is 20.3 Å². The maximum atomic E-state index is 11.8. The Bertz CT molecular complexity index is 942. The zero-order valence-electron chi connectivity index (χ0n) is 16.2. The third kappa shape index (κ3) is 7.48. The van der Waals surface area contributed by atoms with Gasteiger partial charge in [-0.15, -0.1) is 6.42 Å². The fourth-order valence-corrected chi connectivity index (χ4v) is 2.79. The molecule has 9 heteroatoms. The standard InChI is InChI=1S/C21H20BrN3O5/c1-3-9-29-20-17(22)10-16(11-18(20)28-2)12-24-25-19(26)13-23-21(27)30-14-15-7-5-4-6-8-15/h1,4-8,10-12H,9,13-14H2,2H3,(H,23,27)(H,25,26)/b24-12-. The number of alkyl carbamates (subject to hydrolysis) is 1. The quantitative estimate of drug-likeness (QED) is 0.331. The van der Waals surface area contributed by atoms with Gasteiger partial charge in [-0.25, -0.2) is 10.2 Å². The van der Waals surface area contributed by atoms with Crippen LogP contribution in [0, 0.1) is 12.3 Å². The summed E-state index contributed by atoms with van der Waals surface area (Å²) in [6, 6.07) is 12.6. The molecule has 8 nitrogen and oxygen atoms in total. The number of amides is 2. The first kappa shape index (κ1) is 22.8. The van der Waals surface area contributed by atoms with Gasteiger partial charge in [0, 0.05) is 0 Å². The van der Waals surface area contributed by atoms with Crippen LogP contribution in [0.25, 0.3) is 0 Å². The molecule has 0 aliphatic rings. The van der Waals surface area contributed by atoms with Crippen molar-refractivity contribution in [1.29, 1.82) is 0 Å². The Kier molecular flexibility index (Phi) is 9.21. The summed E-state index contributed by atoms with van der Waals surface area (Å²) in [7, 11) is 1.50. The number of carbonyl (C=O) groups is 2. The first-order chi connectivity index (χ1) is 14.5. The van der Waals surface area contributed by atoms with Gasteiger partial charge in [0.2, 0.25) is 0 Å². The lowest BCUT2D eigenvalue weighted by molar-refractivity contribution is -0.120. The first-order valence-corrected chi connectivity index (χ1v) is 9.53. The summed E-state index contributed by atoms with van der Waals surface area (Å²) >= 11 is 3.38. The highest BCUT2D eigenvalue weighted by molar-refractivity contribution is 9.10. The van der Waals surface area contributed by atoms with Crippen LogP contribution in [0.3, 0.4) is 0 Å². The SMILES string of the molecule is C#CCOc1c(Br)cc(/C=N\NC(=O)CNC(=O)OCc2ccccc2)cc1OC. The highest BCUT2D eigenvalue weighted by Gasteiger charge is 2.11. The van der Waals surface area contributed by atoms with E-state index in [2.05, 4.69) is 37.7 Å². The summed E-state index contributed by atoms with van der Waals surface area (Å²) in [5.74, 6) is 2.79. The van der Waals surface area contributed by atoms with E-state index in [9.17, 15) is 9.59 Å². The van der Waals surface area contributed by atoms with E-state index in [1.807, 2.05) is 30.3 Å². The summed E-state index contributed by atoms with van der Waals surface area (Å²) in [6.45, 7) is -0.0692. The lowest BCUT2D eigenvalue weighted by Crippen LogP contribution is -2.35. The van der Waals surface area contributed by atoms with Crippen LogP contribution in [0.5, 0.6) is 11.5 Å². The lowest BCUT2D eigenvalue weighted by Gasteiger charge is -2.11. The molecule has 156 valence electrons. The molecule has 0 heterocycles. The number of hydrogen-bond acceptors (Lipinski definition) is 6. The Labute approximate surface area is 182 Å². The number of carbonyl (C=O) groups excluding carboxylic acids is 2. The van der Waals surface area contributed by atoms with Gasteiger partial charge >= 0.3 is 6.09 Å². The fraction of sp³-hybridized carbons (Fsp3) is 0.190. The molecule has 0 saturated carbocycles. The molecule has 0 aliphatic heterocycles. The molecular formula is C21H20BrN3O5. The molecule has 2 rings (SSSR count). The molecule has 0 fully saturated rings. The van der Waals surface area contributed by atoms with E-state index in [0.717, 1.165) is 5.56 Å². The third-order valence-corrected chi connectivity index (χ3v) is 4.15. The van der Waals surface area contributed by atoms with Crippen molar-refractivity contribution >= 4 is 34.1 Å². The number of nitrogens with one attached hydrogen (secondary N) is 2. The summed E-state index contributed by atoms with van der Waals surface area (Å²) in [5, 5.41) is 6.20. The van der Waals surface area contributed by atoms with Crippen molar-refractivity contribution in [1.82, 2.24) is 10.7 Å². The molecule has 2 N–H and O–H groups in total. The third-order valence-electron chi connectivity index (χ3n) is 3.56. The van der Waals surface area contributed by atoms with E-state index >= 15 is 0 Å². The van der Waals surface area contributed by atoms with Crippen molar-refractivity contribution in [3.05, 3.63) is 58.1 Å². The second-order valence-corrected chi connectivity index (χ2v) is 6.59. The maximum absolute atomic E-state index is 11.8. The van der Waals surface area contributed by atoms with Crippen molar-refractivity contribution in [2.24, 2.45) is 5.10 Å². The van der Waals surface area contributed by atoms with Gasteiger partial charge < -0.3 is 19.5 Å². The number of rotatable bonds is 9. The number of nitrogens with zero attached hydrogens (tertiary/aromatic N) is 1. The topological polar surface area (TPSA) is 98.2 Å². The molecule has 0 radical (unpaired) electrons. The van der Waals surface area contributed by atoms with Gasteiger partial charge in [0.05, 0.1) is 17.8 Å². The fourth-order valence-electron chi connectivity index (χ4n) is 2.21. The van der Waals surface area contributed by atoms with Gasteiger partial charge in [0.15, 0.2) is 11.5 Å². The van der Waals surface area contributed by atoms with Crippen LogP contribution in [0.1, 0.15) is 11.1 Å². The number of benzene rings is 2. The Morgan fingerprint density at radius 2 is 2.03 bits per heavy atom. The zero-order chi connectivity index (χ0) is 21.8. The van der Waals surface area contributed by atoms with Gasteiger partial charge in [-0.2, -0.15) is 5.10 Å². The van der Waals surface area contributed by atoms with Gasteiger partial charge in [0.25, 0.3) is 5.91 Å². The van der Waals surface area contributed by atoms with E-state index in [1.54, 1.807) is 12.1 Å². The van der Waals surface area contributed by atoms with Gasteiger partial charge in [-0.3, -0.25) is 4.79 Å². The number of halogens is 1. The maximum Gasteiger partial charge on any atom is 0.407 e. The largest absolute Gasteiger partial charge is 0.493 e. The minimum atomic E-state index is -0.700. The normalized spacial score (nSPS) is 10.2. The summed E-state index contributed by atoms with van der Waals surface area (Å²) in [5.41, 5.74) is 3.80. The van der Waals surface area contributed by atoms with E-state index in [1.165, 1.54) is 13.3 Å². The van der Waals surface area contributed by atoms with Crippen molar-refractivity contribution in [3.8, 4) is 23.8 Å². The Hall–Kier alpha value is -3.51. The summed E-state index contributed by atoms with van der Waals surface area (Å²) in [4.78, 5) is 23.4. The predicted molar refractivity (Wildman–Crippen MR) is 115 cm³/mol. The van der Waals surface area contributed by atoms with Crippen LogP contribution in [-0.4, -0.2) is 38.5 Å². The summed E-state index contributed by atoms with van der Waals surface area (Å²) in [6.07, 6.45) is 5.92. The second kappa shape index (κ2) is 12.1. The minimum Gasteiger partial charge on any atom is -0.493 e. The van der Waals surface area contributed by atoms with E-state index in [4.69, 9.17) is 20.6 Å². The van der Waals surface area contributed by atoms with Gasteiger partial charge in [-0.05, 0) is 39.2 Å². The number of ether oxygens (including phenoxy) is 3. The predicted octanol–water partition coefficient (Wildman–Crippen LogP) is 2.85. The molecule has 0 spiro atoms. The molecule has 0 atom stereocenters. The molecule has 0 aromatic heterocycles. The highest BCUT2D eigenvalue weighted by Crippen LogP contribution is 2.36. The monoisotopic (exact) mass is 473 g/mol. The van der Waals surface area contributed by atoms with E-state index in [-0.39, 0.29) is 19.8 Å². The number of terminal acetylenes is 1. The van der Waals surface area contributed by atoms with Crippen LogP contribution in [0.15, 0.2) is 52.0 Å². The zero-order valence-corrected chi connectivity index (χ0v) is 17.8. The van der Waals surface area contributed by atoms with Crippen LogP contribution < -0.4 is 20.2 Å². The molecule has 0 unspecified atom stereocenters. The van der Waals surface area contributed by atoms with Crippen molar-refractivity contribution < 1.29 is 23.8 Å². The minimum absolute atomic E-state index is 0.0965. The molecule has 30 heavy (non-hydrogen) atoms. The average molecular weight is 474 g/mol. The first-order valence-electron chi connectivity index (χ1n) is 8.73. The summed E-state index contributed by atoms with van der Waals surface area (Å²) < 4.78 is 16.3. The molecule has 2 aromatic carbocycles. The van der Waals surface area contributed by atoms with Crippen LogP contribution in [0.4, 0.5) is 4.79 Å². The Balaban J connectivity index is 1.80. The molecule has 2 aromatic rings. The van der Waals surface area contributed by atoms with Crippen LogP contribution in [-0.2, 0) is 16.1 Å². The Morgan fingerprint density at radius 1 is 1.27 bits per heavy atom. The van der Waals surface area contributed by atoms with E-state index in [0.29, 0.717) is 21.5 Å². The molecule has 0 aliphatic carbocycles. The van der Waals surface area contributed by atoms with E-state index < -0.39 is 12.0 Å². The number of hydrogen-bond donors (Lipinski definition) is 2. The van der Waals surface area contributed by atoms with Crippen LogP contribution >= 0.6 is 15.9 Å².